The van der Waals surface area contributed by atoms with Crippen LogP contribution in [0.1, 0.15) is 32.3 Å². The first-order chi connectivity index (χ1) is 9.60. The van der Waals surface area contributed by atoms with Crippen LogP contribution in [0.15, 0.2) is 24.3 Å². The molecule has 0 atom stereocenters. The number of anilines is 1. The van der Waals surface area contributed by atoms with Crippen molar-refractivity contribution in [2.45, 2.75) is 33.3 Å². The van der Waals surface area contributed by atoms with Crippen molar-refractivity contribution in [2.75, 3.05) is 18.4 Å². The molecule has 1 aromatic carbocycles. The number of benzene rings is 1. The summed E-state index contributed by atoms with van der Waals surface area (Å²) in [5.41, 5.74) is 1.37. The van der Waals surface area contributed by atoms with E-state index >= 15 is 0 Å². The topological polar surface area (TPSA) is 69.6 Å². The Kier molecular flexibility index (Phi) is 6.73. The summed E-state index contributed by atoms with van der Waals surface area (Å²) in [5, 5.41) is 11.8. The van der Waals surface area contributed by atoms with Crippen LogP contribution in [0.3, 0.4) is 0 Å². The second kappa shape index (κ2) is 8.32. The Morgan fingerprint density at radius 2 is 1.90 bits per heavy atom. The fourth-order valence-corrected chi connectivity index (χ4v) is 1.93. The van der Waals surface area contributed by atoms with Crippen LogP contribution < -0.4 is 5.32 Å². The van der Waals surface area contributed by atoms with E-state index in [1.165, 1.54) is 0 Å². The van der Waals surface area contributed by atoms with Gasteiger partial charge in [-0.2, -0.15) is 0 Å². The number of hydrogen-bond donors (Lipinski definition) is 2. The minimum atomic E-state index is -0.194. The summed E-state index contributed by atoms with van der Waals surface area (Å²) in [5.74, 6) is -0.199. The molecule has 0 aromatic heterocycles. The highest BCUT2D eigenvalue weighted by atomic mass is 16.3. The quantitative estimate of drug-likeness (QED) is 0.798. The summed E-state index contributed by atoms with van der Waals surface area (Å²) < 4.78 is 0. The van der Waals surface area contributed by atoms with Gasteiger partial charge in [0.25, 0.3) is 0 Å². The lowest BCUT2D eigenvalue weighted by Crippen LogP contribution is -2.31. The molecule has 0 unspecified atom stereocenters. The molecule has 0 fully saturated rings. The average molecular weight is 278 g/mol. The van der Waals surface area contributed by atoms with Crippen molar-refractivity contribution in [3.8, 4) is 0 Å². The molecule has 0 bridgehead atoms. The fourth-order valence-electron chi connectivity index (χ4n) is 1.93. The number of carbonyl (C=O) groups is 2. The third kappa shape index (κ3) is 5.01. The minimum absolute atomic E-state index is 0.00532. The van der Waals surface area contributed by atoms with Gasteiger partial charge in [-0.05, 0) is 31.5 Å². The van der Waals surface area contributed by atoms with E-state index in [0.29, 0.717) is 18.8 Å². The lowest BCUT2D eigenvalue weighted by atomic mass is 10.2. The largest absolute Gasteiger partial charge is 0.392 e. The maximum absolute atomic E-state index is 11.8. The van der Waals surface area contributed by atoms with Crippen molar-refractivity contribution in [2.24, 2.45) is 0 Å². The summed E-state index contributed by atoms with van der Waals surface area (Å²) >= 11 is 0. The molecule has 0 aliphatic heterocycles. The molecule has 0 radical (unpaired) electrons. The first kappa shape index (κ1) is 16.2. The maximum atomic E-state index is 11.8. The molecule has 2 amide bonds. The van der Waals surface area contributed by atoms with Gasteiger partial charge in [-0.25, -0.2) is 0 Å². The van der Waals surface area contributed by atoms with Gasteiger partial charge in [-0.1, -0.05) is 12.1 Å². The molecule has 0 spiro atoms. The number of amides is 2. The maximum Gasteiger partial charge on any atom is 0.224 e. The second-order valence-corrected chi connectivity index (χ2v) is 4.47. The molecule has 0 saturated heterocycles. The lowest BCUT2D eigenvalue weighted by molar-refractivity contribution is -0.132. The standard InChI is InChI=1S/C15H22N2O3/c1-3-17(4-2)15(20)9-8-14(19)16-13-7-5-6-12(10-13)11-18/h5-7,10,18H,3-4,8-9,11H2,1-2H3,(H,16,19). The highest BCUT2D eigenvalue weighted by Gasteiger charge is 2.12. The van der Waals surface area contributed by atoms with Gasteiger partial charge in [-0.3, -0.25) is 9.59 Å². The predicted octanol–water partition coefficient (Wildman–Crippen LogP) is 1.77. The van der Waals surface area contributed by atoms with Crippen LogP contribution in [-0.4, -0.2) is 34.9 Å². The highest BCUT2D eigenvalue weighted by Crippen LogP contribution is 2.11. The molecule has 2 N–H and O–H groups in total. The van der Waals surface area contributed by atoms with E-state index in [1.807, 2.05) is 13.8 Å². The van der Waals surface area contributed by atoms with Gasteiger partial charge in [0.1, 0.15) is 0 Å². The van der Waals surface area contributed by atoms with E-state index in [-0.39, 0.29) is 31.3 Å². The zero-order valence-corrected chi connectivity index (χ0v) is 12.1. The van der Waals surface area contributed by atoms with Crippen molar-refractivity contribution in [1.82, 2.24) is 4.90 Å². The van der Waals surface area contributed by atoms with Crippen LogP contribution in [0.4, 0.5) is 5.69 Å². The van der Waals surface area contributed by atoms with Gasteiger partial charge < -0.3 is 15.3 Å². The molecule has 0 aliphatic rings. The third-order valence-electron chi connectivity index (χ3n) is 3.08. The fraction of sp³-hybridized carbons (Fsp3) is 0.467. The molecule has 20 heavy (non-hydrogen) atoms. The minimum Gasteiger partial charge on any atom is -0.392 e. The third-order valence-corrected chi connectivity index (χ3v) is 3.08. The average Bonchev–Trinajstić information content (AvgIpc) is 2.46. The molecule has 1 rings (SSSR count). The number of hydrogen-bond acceptors (Lipinski definition) is 3. The van der Waals surface area contributed by atoms with E-state index in [0.717, 1.165) is 5.56 Å². The predicted molar refractivity (Wildman–Crippen MR) is 78.2 cm³/mol. The van der Waals surface area contributed by atoms with Gasteiger partial charge in [0.2, 0.25) is 11.8 Å². The Hall–Kier alpha value is -1.88. The highest BCUT2D eigenvalue weighted by molar-refractivity contribution is 5.93. The zero-order chi connectivity index (χ0) is 15.0. The van der Waals surface area contributed by atoms with Crippen molar-refractivity contribution in [1.29, 1.82) is 0 Å². The van der Waals surface area contributed by atoms with E-state index in [1.54, 1.807) is 29.2 Å². The monoisotopic (exact) mass is 278 g/mol. The molecular formula is C15H22N2O3. The molecule has 1 aromatic rings. The van der Waals surface area contributed by atoms with Gasteiger partial charge in [0.05, 0.1) is 6.61 Å². The summed E-state index contributed by atoms with van der Waals surface area (Å²) in [6.07, 6.45) is 0.381. The normalized spacial score (nSPS) is 10.2. The molecule has 0 aliphatic carbocycles. The first-order valence-electron chi connectivity index (χ1n) is 6.88. The van der Waals surface area contributed by atoms with Crippen molar-refractivity contribution >= 4 is 17.5 Å². The molecule has 0 heterocycles. The van der Waals surface area contributed by atoms with E-state index in [4.69, 9.17) is 5.11 Å². The smallest absolute Gasteiger partial charge is 0.224 e. The van der Waals surface area contributed by atoms with E-state index in [2.05, 4.69) is 5.32 Å². The Morgan fingerprint density at radius 3 is 2.50 bits per heavy atom. The summed E-state index contributed by atoms with van der Waals surface area (Å²) in [7, 11) is 0. The molecule has 0 saturated carbocycles. The van der Waals surface area contributed by atoms with Crippen LogP contribution in [0.5, 0.6) is 0 Å². The second-order valence-electron chi connectivity index (χ2n) is 4.47. The molecule has 110 valence electrons. The van der Waals surface area contributed by atoms with Crippen molar-refractivity contribution in [3.63, 3.8) is 0 Å². The number of nitrogens with zero attached hydrogens (tertiary/aromatic N) is 1. The SMILES string of the molecule is CCN(CC)C(=O)CCC(=O)Nc1cccc(CO)c1. The van der Waals surface area contributed by atoms with Crippen LogP contribution in [0, 0.1) is 0 Å². The van der Waals surface area contributed by atoms with Gasteiger partial charge in [-0.15, -0.1) is 0 Å². The first-order valence-corrected chi connectivity index (χ1v) is 6.88. The lowest BCUT2D eigenvalue weighted by Gasteiger charge is -2.18. The Morgan fingerprint density at radius 1 is 1.20 bits per heavy atom. The van der Waals surface area contributed by atoms with Crippen LogP contribution in [0.25, 0.3) is 0 Å². The molecular weight excluding hydrogens is 256 g/mol. The number of aliphatic hydroxyl groups is 1. The van der Waals surface area contributed by atoms with Gasteiger partial charge in [0.15, 0.2) is 0 Å². The molecule has 5 nitrogen and oxygen atoms in total. The summed E-state index contributed by atoms with van der Waals surface area (Å²) in [4.78, 5) is 25.3. The van der Waals surface area contributed by atoms with Crippen molar-refractivity contribution in [3.05, 3.63) is 29.8 Å². The number of carbonyl (C=O) groups excluding carboxylic acids is 2. The van der Waals surface area contributed by atoms with Crippen LogP contribution in [-0.2, 0) is 16.2 Å². The van der Waals surface area contributed by atoms with E-state index < -0.39 is 0 Å². The number of rotatable bonds is 7. The Labute approximate surface area is 119 Å². The van der Waals surface area contributed by atoms with Crippen LogP contribution >= 0.6 is 0 Å². The summed E-state index contributed by atoms with van der Waals surface area (Å²) in [6, 6.07) is 7.01. The van der Waals surface area contributed by atoms with Crippen molar-refractivity contribution < 1.29 is 14.7 Å². The number of aliphatic hydroxyl groups excluding tert-OH is 1. The zero-order valence-electron chi connectivity index (χ0n) is 12.1. The Bertz CT molecular complexity index is 456. The van der Waals surface area contributed by atoms with Gasteiger partial charge in [0, 0.05) is 31.6 Å². The van der Waals surface area contributed by atoms with E-state index in [9.17, 15) is 9.59 Å². The Balaban J connectivity index is 2.45. The van der Waals surface area contributed by atoms with Gasteiger partial charge >= 0.3 is 0 Å². The number of nitrogens with one attached hydrogen (secondary N) is 1. The molecule has 5 heteroatoms. The summed E-state index contributed by atoms with van der Waals surface area (Å²) in [6.45, 7) is 5.10. The van der Waals surface area contributed by atoms with Crippen LogP contribution in [0.2, 0.25) is 0 Å².